The SMILES string of the molecule is CN1C(=O)N=C2SC=C(CC(=O)Nc3nc(-c4ccc(Cl)c(Cl)c4Cl)cs3)N2S1(=O)=O. The van der Waals surface area contributed by atoms with Gasteiger partial charge in [0.15, 0.2) is 10.3 Å². The van der Waals surface area contributed by atoms with Crippen molar-refractivity contribution in [2.45, 2.75) is 6.42 Å². The fourth-order valence-electron chi connectivity index (χ4n) is 2.65. The summed E-state index contributed by atoms with van der Waals surface area (Å²) in [7, 11) is -3.03. The van der Waals surface area contributed by atoms with E-state index in [9.17, 15) is 18.0 Å². The Hall–Kier alpha value is -1.83. The van der Waals surface area contributed by atoms with Crippen LogP contribution < -0.4 is 5.32 Å². The Morgan fingerprint density at radius 2 is 1.97 bits per heavy atom. The minimum absolute atomic E-state index is 0.0170. The van der Waals surface area contributed by atoms with Crippen LogP contribution >= 0.6 is 57.9 Å². The van der Waals surface area contributed by atoms with Crippen molar-refractivity contribution in [2.75, 3.05) is 12.4 Å². The number of amidine groups is 1. The van der Waals surface area contributed by atoms with Gasteiger partial charge in [0.1, 0.15) is 0 Å². The maximum atomic E-state index is 12.5. The Morgan fingerprint density at radius 1 is 1.23 bits per heavy atom. The topological polar surface area (TPSA) is 112 Å². The highest BCUT2D eigenvalue weighted by Crippen LogP contribution is 2.39. The molecule has 0 atom stereocenters. The minimum atomic E-state index is -4.13. The molecule has 0 bridgehead atoms. The van der Waals surface area contributed by atoms with Crippen molar-refractivity contribution in [1.82, 2.24) is 13.6 Å². The largest absolute Gasteiger partial charge is 0.360 e. The number of halogens is 3. The molecule has 4 rings (SSSR count). The predicted octanol–water partition coefficient (Wildman–Crippen LogP) is 4.66. The first-order chi connectivity index (χ1) is 14.6. The Kier molecular flexibility index (Phi) is 5.96. The summed E-state index contributed by atoms with van der Waals surface area (Å²) in [6, 6.07) is 2.36. The number of thioether (sulfide) groups is 1. The Labute approximate surface area is 199 Å². The molecule has 31 heavy (non-hydrogen) atoms. The van der Waals surface area contributed by atoms with Crippen LogP contribution in [0, 0.1) is 0 Å². The molecule has 3 heterocycles. The number of rotatable bonds is 4. The highest BCUT2D eigenvalue weighted by molar-refractivity contribution is 8.17. The number of urea groups is 1. The second-order valence-corrected chi connectivity index (χ2v) is 10.8. The lowest BCUT2D eigenvalue weighted by Gasteiger charge is -2.29. The van der Waals surface area contributed by atoms with Gasteiger partial charge in [0.2, 0.25) is 5.91 Å². The molecule has 9 nitrogen and oxygen atoms in total. The zero-order chi connectivity index (χ0) is 22.5. The van der Waals surface area contributed by atoms with Crippen molar-refractivity contribution in [1.29, 1.82) is 0 Å². The van der Waals surface area contributed by atoms with Gasteiger partial charge in [-0.2, -0.15) is 13.4 Å². The summed E-state index contributed by atoms with van der Waals surface area (Å²) in [4.78, 5) is 32.2. The van der Waals surface area contributed by atoms with Crippen LogP contribution in [0.4, 0.5) is 9.93 Å². The highest BCUT2D eigenvalue weighted by atomic mass is 35.5. The second kappa shape index (κ2) is 8.26. The molecule has 1 N–H and O–H groups in total. The van der Waals surface area contributed by atoms with Crippen LogP contribution in [0.25, 0.3) is 11.3 Å². The van der Waals surface area contributed by atoms with Gasteiger partial charge < -0.3 is 5.32 Å². The number of hydrogen-bond acceptors (Lipinski definition) is 7. The number of anilines is 1. The van der Waals surface area contributed by atoms with Crippen LogP contribution in [0.3, 0.4) is 0 Å². The number of hydrogen-bond donors (Lipinski definition) is 1. The minimum Gasteiger partial charge on any atom is -0.302 e. The van der Waals surface area contributed by atoms with Gasteiger partial charge in [0.05, 0.1) is 32.9 Å². The second-order valence-electron chi connectivity index (χ2n) is 6.13. The third-order valence-corrected chi connectivity index (χ3v) is 8.93. The molecule has 0 spiro atoms. The summed E-state index contributed by atoms with van der Waals surface area (Å²) in [5.41, 5.74) is 1.22. The van der Waals surface area contributed by atoms with Gasteiger partial charge in [-0.3, -0.25) is 4.79 Å². The number of thiazole rings is 1. The molecular formula is C16H10Cl3N5O4S3. The smallest absolute Gasteiger partial charge is 0.302 e. The highest BCUT2D eigenvalue weighted by Gasteiger charge is 2.43. The predicted molar refractivity (Wildman–Crippen MR) is 123 cm³/mol. The van der Waals surface area contributed by atoms with E-state index in [1.54, 1.807) is 17.5 Å². The van der Waals surface area contributed by atoms with Gasteiger partial charge in [0.25, 0.3) is 0 Å². The quantitative estimate of drug-likeness (QED) is 0.567. The average molecular weight is 539 g/mol. The number of aromatic nitrogens is 1. The molecule has 1 aromatic heterocycles. The first-order valence-electron chi connectivity index (χ1n) is 8.26. The summed E-state index contributed by atoms with van der Waals surface area (Å²) in [5.74, 6) is -0.496. The molecule has 0 saturated heterocycles. The third kappa shape index (κ3) is 4.03. The Morgan fingerprint density at radius 3 is 2.71 bits per heavy atom. The van der Waals surface area contributed by atoms with E-state index in [4.69, 9.17) is 34.8 Å². The maximum Gasteiger partial charge on any atom is 0.360 e. The van der Waals surface area contributed by atoms with E-state index in [1.807, 2.05) is 0 Å². The molecule has 15 heteroatoms. The Balaban J connectivity index is 1.49. The maximum absolute atomic E-state index is 12.5. The standard InChI is InChI=1S/C16H10Cl3N5O4S3/c1-23-15(26)22-16-24(31(23,27)28)7(5-30-16)4-11(25)21-14-20-10(6-29-14)8-2-3-9(17)13(19)12(8)18/h2-3,5-6H,4H2,1H3,(H,20,21,25). The molecule has 0 radical (unpaired) electrons. The summed E-state index contributed by atoms with van der Waals surface area (Å²) in [6.07, 6.45) is -0.268. The lowest BCUT2D eigenvalue weighted by atomic mass is 10.2. The first-order valence-corrected chi connectivity index (χ1v) is 12.6. The first kappa shape index (κ1) is 22.4. The summed E-state index contributed by atoms with van der Waals surface area (Å²) >= 11 is 20.3. The molecule has 2 aromatic rings. The van der Waals surface area contributed by atoms with Crippen LogP contribution in [0.5, 0.6) is 0 Å². The zero-order valence-electron chi connectivity index (χ0n) is 15.3. The molecule has 3 amide bonds. The number of aliphatic imine (C=N–C) groups is 1. The molecule has 2 aliphatic rings. The van der Waals surface area contributed by atoms with E-state index in [1.165, 1.54) is 5.41 Å². The van der Waals surface area contributed by atoms with Crippen LogP contribution in [-0.4, -0.2) is 46.2 Å². The molecule has 162 valence electrons. The number of fused-ring (bicyclic) bond motifs is 1. The molecule has 0 fully saturated rings. The number of carbonyl (C=O) groups excluding carboxylic acids is 2. The lowest BCUT2D eigenvalue weighted by molar-refractivity contribution is -0.115. The van der Waals surface area contributed by atoms with Crippen molar-refractivity contribution < 1.29 is 18.0 Å². The fourth-order valence-corrected chi connectivity index (χ4v) is 6.40. The van der Waals surface area contributed by atoms with Gasteiger partial charge in [-0.1, -0.05) is 46.6 Å². The van der Waals surface area contributed by atoms with Crippen LogP contribution in [0.1, 0.15) is 6.42 Å². The van der Waals surface area contributed by atoms with Crippen molar-refractivity contribution in [3.63, 3.8) is 0 Å². The van der Waals surface area contributed by atoms with Crippen molar-refractivity contribution in [3.05, 3.63) is 43.7 Å². The van der Waals surface area contributed by atoms with E-state index < -0.39 is 22.1 Å². The Bertz CT molecular complexity index is 1290. The number of nitrogens with zero attached hydrogens (tertiary/aromatic N) is 4. The average Bonchev–Trinajstić information content (AvgIpc) is 3.32. The van der Waals surface area contributed by atoms with Crippen molar-refractivity contribution >= 4 is 90.3 Å². The van der Waals surface area contributed by atoms with Gasteiger partial charge in [-0.15, -0.1) is 11.3 Å². The molecule has 0 saturated carbocycles. The van der Waals surface area contributed by atoms with E-state index in [-0.39, 0.29) is 32.5 Å². The normalized spacial score (nSPS) is 17.4. The van der Waals surface area contributed by atoms with Crippen LogP contribution in [-0.2, 0) is 15.0 Å². The summed E-state index contributed by atoms with van der Waals surface area (Å²) in [5, 5.41) is 6.80. The molecule has 0 aliphatic carbocycles. The van der Waals surface area contributed by atoms with Gasteiger partial charge in [-0.25, -0.2) is 18.4 Å². The third-order valence-electron chi connectivity index (χ3n) is 4.18. The van der Waals surface area contributed by atoms with Gasteiger partial charge in [-0.05, 0) is 12.1 Å². The molecule has 0 unspecified atom stereocenters. The van der Waals surface area contributed by atoms with Gasteiger partial charge >= 0.3 is 16.2 Å². The molecular weight excluding hydrogens is 529 g/mol. The number of amides is 3. The molecule has 2 aliphatic heterocycles. The fraction of sp³-hybridized carbons (Fsp3) is 0.125. The van der Waals surface area contributed by atoms with E-state index in [0.717, 1.165) is 34.5 Å². The molecule has 1 aromatic carbocycles. The van der Waals surface area contributed by atoms with Gasteiger partial charge in [0, 0.05) is 23.4 Å². The summed E-state index contributed by atoms with van der Waals surface area (Å²) < 4.78 is 26.4. The summed E-state index contributed by atoms with van der Waals surface area (Å²) in [6.45, 7) is 0. The van der Waals surface area contributed by atoms with Crippen LogP contribution in [0.2, 0.25) is 15.1 Å². The number of benzene rings is 1. The number of nitrogens with one attached hydrogen (secondary N) is 1. The zero-order valence-corrected chi connectivity index (χ0v) is 20.0. The van der Waals surface area contributed by atoms with Crippen molar-refractivity contribution in [2.24, 2.45) is 4.99 Å². The number of carbonyl (C=O) groups is 2. The van der Waals surface area contributed by atoms with Crippen LogP contribution in [0.15, 0.2) is 33.6 Å². The monoisotopic (exact) mass is 537 g/mol. The lowest BCUT2D eigenvalue weighted by Crippen LogP contribution is -2.48. The van der Waals surface area contributed by atoms with E-state index in [0.29, 0.717) is 20.6 Å². The van der Waals surface area contributed by atoms with E-state index in [2.05, 4.69) is 15.3 Å². The van der Waals surface area contributed by atoms with E-state index >= 15 is 0 Å². The van der Waals surface area contributed by atoms with Crippen molar-refractivity contribution in [3.8, 4) is 11.3 Å².